The number of carbonyl (C=O) groups excluding carboxylic acids is 1. The zero-order valence-corrected chi connectivity index (χ0v) is 16.6. The average molecular weight is 399 g/mol. The Morgan fingerprint density at radius 2 is 2.00 bits per heavy atom. The number of amides is 1. The van der Waals surface area contributed by atoms with Gasteiger partial charge in [-0.3, -0.25) is 9.36 Å². The molecular weight excluding hydrogens is 378 g/mol. The van der Waals surface area contributed by atoms with Gasteiger partial charge >= 0.3 is 0 Å². The normalized spacial score (nSPS) is 11.4. The van der Waals surface area contributed by atoms with E-state index < -0.39 is 10.0 Å². The summed E-state index contributed by atoms with van der Waals surface area (Å²) in [6.45, 7) is 3.77. The predicted molar refractivity (Wildman–Crippen MR) is 105 cm³/mol. The Kier molecular flexibility index (Phi) is 5.57. The molecule has 9 heteroatoms. The lowest BCUT2D eigenvalue weighted by molar-refractivity contribution is 0.0950. The van der Waals surface area contributed by atoms with Crippen LogP contribution in [-0.2, 0) is 16.6 Å². The van der Waals surface area contributed by atoms with Gasteiger partial charge in [0.05, 0.1) is 4.90 Å². The molecule has 1 amide bonds. The van der Waals surface area contributed by atoms with Crippen molar-refractivity contribution in [3.8, 4) is 5.82 Å². The molecule has 0 aliphatic heterocycles. The first kappa shape index (κ1) is 19.7. The molecule has 0 saturated carbocycles. The number of aryl methyl sites for hydroxylation is 1. The molecule has 28 heavy (non-hydrogen) atoms. The summed E-state index contributed by atoms with van der Waals surface area (Å²) >= 11 is 0. The second kappa shape index (κ2) is 7.91. The third kappa shape index (κ3) is 4.10. The van der Waals surface area contributed by atoms with Gasteiger partial charge in [0.25, 0.3) is 5.91 Å². The van der Waals surface area contributed by atoms with Crippen LogP contribution in [0.1, 0.15) is 27.0 Å². The van der Waals surface area contributed by atoms with Crippen LogP contribution in [0.5, 0.6) is 0 Å². The smallest absolute Gasteiger partial charge is 0.251 e. The van der Waals surface area contributed by atoms with Crippen molar-refractivity contribution in [1.29, 1.82) is 0 Å². The molecule has 146 valence electrons. The van der Waals surface area contributed by atoms with E-state index in [-0.39, 0.29) is 17.3 Å². The number of imidazole rings is 1. The summed E-state index contributed by atoms with van der Waals surface area (Å²) in [5, 5.41) is 2.80. The molecule has 0 fully saturated rings. The Morgan fingerprint density at radius 3 is 2.61 bits per heavy atom. The van der Waals surface area contributed by atoms with Crippen molar-refractivity contribution < 1.29 is 13.2 Å². The average Bonchev–Trinajstić information content (AvgIpc) is 3.23. The highest BCUT2D eigenvalue weighted by Gasteiger charge is 2.19. The van der Waals surface area contributed by atoms with Crippen LogP contribution in [0.2, 0.25) is 0 Å². The maximum absolute atomic E-state index is 12.5. The summed E-state index contributed by atoms with van der Waals surface area (Å²) in [7, 11) is -2.30. The van der Waals surface area contributed by atoms with Gasteiger partial charge in [0.1, 0.15) is 12.1 Å². The Morgan fingerprint density at radius 1 is 1.21 bits per heavy atom. The number of benzene rings is 1. The van der Waals surface area contributed by atoms with Crippen molar-refractivity contribution >= 4 is 15.9 Å². The van der Waals surface area contributed by atoms with Crippen molar-refractivity contribution in [2.24, 2.45) is 0 Å². The zero-order valence-electron chi connectivity index (χ0n) is 15.8. The van der Waals surface area contributed by atoms with E-state index >= 15 is 0 Å². The molecule has 3 rings (SSSR count). The van der Waals surface area contributed by atoms with Gasteiger partial charge in [-0.2, -0.15) is 0 Å². The van der Waals surface area contributed by atoms with Gasteiger partial charge in [0.2, 0.25) is 10.0 Å². The first-order valence-corrected chi connectivity index (χ1v) is 10.1. The van der Waals surface area contributed by atoms with Crippen LogP contribution in [0, 0.1) is 13.8 Å². The fourth-order valence-electron chi connectivity index (χ4n) is 2.70. The molecule has 0 aliphatic rings. The maximum atomic E-state index is 12.5. The van der Waals surface area contributed by atoms with Gasteiger partial charge < -0.3 is 5.32 Å². The molecule has 0 saturated heterocycles. The standard InChI is InChI=1S/C19H21N5O3S/c1-13-8-16(9-17(14(13)2)28(26,27)20-3)19(25)23-11-15-4-5-18(22-10-15)24-7-6-21-12-24/h4-10,12,20H,11H2,1-3H3,(H,23,25). The molecule has 3 aromatic rings. The number of hydrogen-bond donors (Lipinski definition) is 2. The summed E-state index contributed by atoms with van der Waals surface area (Å²) in [4.78, 5) is 21.0. The predicted octanol–water partition coefficient (Wildman–Crippen LogP) is 1.72. The molecule has 0 radical (unpaired) electrons. The number of hydrogen-bond acceptors (Lipinski definition) is 5. The number of carbonyl (C=O) groups is 1. The highest BCUT2D eigenvalue weighted by molar-refractivity contribution is 7.89. The van der Waals surface area contributed by atoms with E-state index in [9.17, 15) is 13.2 Å². The summed E-state index contributed by atoms with van der Waals surface area (Å²) in [5.41, 5.74) is 2.46. The van der Waals surface area contributed by atoms with E-state index in [1.807, 2.05) is 12.1 Å². The lowest BCUT2D eigenvalue weighted by atomic mass is 10.1. The number of sulfonamides is 1. The second-order valence-corrected chi connectivity index (χ2v) is 8.16. The number of pyridine rings is 1. The van der Waals surface area contributed by atoms with Gasteiger partial charge in [0, 0.05) is 30.7 Å². The van der Waals surface area contributed by atoms with Crippen LogP contribution in [0.25, 0.3) is 5.82 Å². The van der Waals surface area contributed by atoms with Crippen molar-refractivity contribution in [2.45, 2.75) is 25.3 Å². The Labute approximate surface area is 163 Å². The topological polar surface area (TPSA) is 106 Å². The van der Waals surface area contributed by atoms with E-state index in [0.29, 0.717) is 11.1 Å². The largest absolute Gasteiger partial charge is 0.348 e. The summed E-state index contributed by atoms with van der Waals surface area (Å²) in [6.07, 6.45) is 6.79. The molecule has 1 aromatic carbocycles. The monoisotopic (exact) mass is 399 g/mol. The highest BCUT2D eigenvalue weighted by Crippen LogP contribution is 2.21. The molecule has 0 spiro atoms. The molecule has 0 aliphatic carbocycles. The number of nitrogens with one attached hydrogen (secondary N) is 2. The minimum Gasteiger partial charge on any atom is -0.348 e. The summed E-state index contributed by atoms with van der Waals surface area (Å²) in [5.74, 6) is 0.373. The highest BCUT2D eigenvalue weighted by atomic mass is 32.2. The van der Waals surface area contributed by atoms with E-state index in [2.05, 4.69) is 20.0 Å². The fraction of sp³-hybridized carbons (Fsp3) is 0.211. The van der Waals surface area contributed by atoms with E-state index in [4.69, 9.17) is 0 Å². The molecule has 8 nitrogen and oxygen atoms in total. The third-order valence-electron chi connectivity index (χ3n) is 4.47. The fourth-order valence-corrected chi connectivity index (χ4v) is 3.77. The molecule has 2 N–H and O–H groups in total. The Hall–Kier alpha value is -3.04. The Balaban J connectivity index is 1.75. The zero-order chi connectivity index (χ0) is 20.3. The van der Waals surface area contributed by atoms with Crippen LogP contribution in [-0.4, -0.2) is 35.9 Å². The van der Waals surface area contributed by atoms with Crippen LogP contribution in [0.3, 0.4) is 0 Å². The number of aromatic nitrogens is 3. The quantitative estimate of drug-likeness (QED) is 0.657. The third-order valence-corrected chi connectivity index (χ3v) is 6.01. The van der Waals surface area contributed by atoms with Crippen molar-refractivity contribution in [1.82, 2.24) is 24.6 Å². The molecule has 0 atom stereocenters. The van der Waals surface area contributed by atoms with Crippen LogP contribution >= 0.6 is 0 Å². The summed E-state index contributed by atoms with van der Waals surface area (Å²) in [6, 6.07) is 6.76. The molecule has 0 unspecified atom stereocenters. The van der Waals surface area contributed by atoms with E-state index in [1.165, 1.54) is 13.1 Å². The van der Waals surface area contributed by atoms with Crippen molar-refractivity contribution in [2.75, 3.05) is 7.05 Å². The first-order chi connectivity index (χ1) is 13.3. The number of nitrogens with zero attached hydrogens (tertiary/aromatic N) is 3. The van der Waals surface area contributed by atoms with Gasteiger partial charge in [0.15, 0.2) is 0 Å². The van der Waals surface area contributed by atoms with Crippen molar-refractivity contribution in [3.63, 3.8) is 0 Å². The molecule has 2 aromatic heterocycles. The van der Waals surface area contributed by atoms with Gasteiger partial charge in [-0.05, 0) is 55.8 Å². The molecule has 2 heterocycles. The van der Waals surface area contributed by atoms with Gasteiger partial charge in [-0.15, -0.1) is 0 Å². The van der Waals surface area contributed by atoms with E-state index in [0.717, 1.165) is 16.9 Å². The van der Waals surface area contributed by atoms with E-state index in [1.54, 1.807) is 49.4 Å². The van der Waals surface area contributed by atoms with Crippen molar-refractivity contribution in [3.05, 3.63) is 71.4 Å². The lowest BCUT2D eigenvalue weighted by Gasteiger charge is -2.12. The lowest BCUT2D eigenvalue weighted by Crippen LogP contribution is -2.25. The molecular formula is C19H21N5O3S. The molecule has 0 bridgehead atoms. The van der Waals surface area contributed by atoms with Gasteiger partial charge in [-0.1, -0.05) is 6.07 Å². The van der Waals surface area contributed by atoms with Crippen LogP contribution in [0.15, 0.2) is 54.1 Å². The maximum Gasteiger partial charge on any atom is 0.251 e. The SMILES string of the molecule is CNS(=O)(=O)c1cc(C(=O)NCc2ccc(-n3ccnc3)nc2)cc(C)c1C. The van der Waals surface area contributed by atoms with Crippen LogP contribution < -0.4 is 10.0 Å². The first-order valence-electron chi connectivity index (χ1n) is 8.58. The second-order valence-electron chi connectivity index (χ2n) is 6.30. The summed E-state index contributed by atoms with van der Waals surface area (Å²) < 4.78 is 28.5. The minimum absolute atomic E-state index is 0.103. The number of rotatable bonds is 6. The van der Waals surface area contributed by atoms with Crippen LogP contribution in [0.4, 0.5) is 0 Å². The Bertz CT molecular complexity index is 1090. The van der Waals surface area contributed by atoms with Gasteiger partial charge in [-0.25, -0.2) is 23.1 Å². The minimum atomic E-state index is -3.65.